The fraction of sp³-hybridized carbons (Fsp3) is 0.300. The second-order valence-electron chi connectivity index (χ2n) is 3.20. The van der Waals surface area contributed by atoms with Gasteiger partial charge < -0.3 is 5.11 Å². The summed E-state index contributed by atoms with van der Waals surface area (Å²) in [6.07, 6.45) is 0.577. The second-order valence-corrected chi connectivity index (χ2v) is 3.20. The minimum atomic E-state index is -1.08. The molecule has 1 aliphatic rings. The van der Waals surface area contributed by atoms with E-state index in [1.54, 1.807) is 0 Å². The lowest BCUT2D eigenvalue weighted by Crippen LogP contribution is -2.05. The van der Waals surface area contributed by atoms with Crippen LogP contribution < -0.4 is 0 Å². The largest absolute Gasteiger partial charge is 0.375 e. The molecule has 0 aliphatic heterocycles. The maximum Gasteiger partial charge on any atom is 0.158 e. The highest BCUT2D eigenvalue weighted by Crippen LogP contribution is 2.50. The van der Waals surface area contributed by atoms with Gasteiger partial charge in [0.2, 0.25) is 0 Å². The first-order chi connectivity index (χ1) is 5.76. The molecular weight excluding hydrogens is 150 g/mol. The van der Waals surface area contributed by atoms with E-state index >= 15 is 0 Å². The molecule has 1 saturated carbocycles. The Morgan fingerprint density at radius 3 is 2.58 bits per heavy atom. The van der Waals surface area contributed by atoms with Crippen LogP contribution in [0.5, 0.6) is 0 Å². The molecule has 2 heteroatoms. The van der Waals surface area contributed by atoms with E-state index in [1.807, 2.05) is 36.4 Å². The Morgan fingerprint density at radius 1 is 1.42 bits per heavy atom. The molecule has 1 N–H and O–H groups in total. The van der Waals surface area contributed by atoms with E-state index < -0.39 is 5.60 Å². The summed E-state index contributed by atoms with van der Waals surface area (Å²) in [6.45, 7) is 0. The fourth-order valence-electron chi connectivity index (χ4n) is 1.45. The number of nitrogens with zero attached hydrogens (tertiary/aromatic N) is 1. The number of nitriles is 1. The van der Waals surface area contributed by atoms with Gasteiger partial charge in [0.1, 0.15) is 0 Å². The maximum atomic E-state index is 9.49. The third-order valence-corrected chi connectivity index (χ3v) is 2.33. The number of rotatable bonds is 1. The zero-order valence-electron chi connectivity index (χ0n) is 6.57. The predicted molar refractivity (Wildman–Crippen MR) is 44.4 cm³/mol. The minimum absolute atomic E-state index is 0.0312. The average Bonchev–Trinajstić information content (AvgIpc) is 2.81. The van der Waals surface area contributed by atoms with Crippen LogP contribution in [-0.4, -0.2) is 10.7 Å². The number of aliphatic hydroxyl groups is 1. The van der Waals surface area contributed by atoms with Crippen LogP contribution in [0.1, 0.15) is 17.9 Å². The molecule has 2 nitrogen and oxygen atoms in total. The van der Waals surface area contributed by atoms with Crippen LogP contribution >= 0.6 is 0 Å². The Balaban J connectivity index is 2.23. The van der Waals surface area contributed by atoms with Gasteiger partial charge in [0.25, 0.3) is 0 Å². The lowest BCUT2D eigenvalue weighted by Gasteiger charge is -1.99. The number of hydrogen-bond acceptors (Lipinski definition) is 2. The zero-order valence-corrected chi connectivity index (χ0v) is 6.57. The van der Waals surface area contributed by atoms with Crippen molar-refractivity contribution in [1.82, 2.24) is 0 Å². The molecule has 0 heterocycles. The highest BCUT2D eigenvalue weighted by atomic mass is 16.3. The van der Waals surface area contributed by atoms with Gasteiger partial charge in [-0.1, -0.05) is 30.3 Å². The molecule has 0 bridgehead atoms. The lowest BCUT2D eigenvalue weighted by atomic mass is 10.1. The molecule has 1 fully saturated rings. The molecular formula is C10H9NO. The first-order valence-electron chi connectivity index (χ1n) is 3.95. The molecule has 1 aromatic rings. The van der Waals surface area contributed by atoms with Crippen molar-refractivity contribution in [1.29, 1.82) is 5.26 Å². The van der Waals surface area contributed by atoms with Gasteiger partial charge in [0, 0.05) is 12.3 Å². The van der Waals surface area contributed by atoms with E-state index in [-0.39, 0.29) is 5.92 Å². The van der Waals surface area contributed by atoms with Gasteiger partial charge in [0.15, 0.2) is 5.60 Å². The molecule has 60 valence electrons. The normalized spacial score (nSPS) is 32.5. The van der Waals surface area contributed by atoms with E-state index in [0.717, 1.165) is 5.56 Å². The summed E-state index contributed by atoms with van der Waals surface area (Å²) in [6, 6.07) is 11.6. The van der Waals surface area contributed by atoms with Crippen LogP contribution in [0.4, 0.5) is 0 Å². The highest BCUT2D eigenvalue weighted by molar-refractivity contribution is 5.36. The van der Waals surface area contributed by atoms with Crippen molar-refractivity contribution >= 4 is 0 Å². The van der Waals surface area contributed by atoms with Crippen molar-refractivity contribution in [2.45, 2.75) is 17.9 Å². The molecule has 1 aliphatic carbocycles. The van der Waals surface area contributed by atoms with Crippen molar-refractivity contribution in [3.05, 3.63) is 35.9 Å². The van der Waals surface area contributed by atoms with Crippen molar-refractivity contribution in [3.63, 3.8) is 0 Å². The van der Waals surface area contributed by atoms with Crippen LogP contribution in [0, 0.1) is 11.3 Å². The van der Waals surface area contributed by atoms with E-state index in [2.05, 4.69) is 0 Å². The van der Waals surface area contributed by atoms with E-state index in [1.165, 1.54) is 0 Å². The van der Waals surface area contributed by atoms with Crippen LogP contribution in [0.25, 0.3) is 0 Å². The summed E-state index contributed by atoms with van der Waals surface area (Å²) in [5.41, 5.74) is -0.0250. The van der Waals surface area contributed by atoms with Gasteiger partial charge in [-0.15, -0.1) is 0 Å². The van der Waals surface area contributed by atoms with Crippen molar-refractivity contribution in [2.75, 3.05) is 0 Å². The van der Waals surface area contributed by atoms with Gasteiger partial charge in [-0.05, 0) is 5.56 Å². The summed E-state index contributed by atoms with van der Waals surface area (Å²) < 4.78 is 0. The summed E-state index contributed by atoms with van der Waals surface area (Å²) in [5, 5.41) is 18.1. The molecule has 0 spiro atoms. The SMILES string of the molecule is N#C[C@@]1(O)C[C@H]1c1ccccc1. The molecule has 0 saturated heterocycles. The molecule has 0 amide bonds. The number of benzene rings is 1. The molecule has 1 aromatic carbocycles. The van der Waals surface area contributed by atoms with Crippen molar-refractivity contribution in [3.8, 4) is 6.07 Å². The van der Waals surface area contributed by atoms with Crippen molar-refractivity contribution in [2.24, 2.45) is 0 Å². The summed E-state index contributed by atoms with van der Waals surface area (Å²) in [5.74, 6) is 0.0312. The first kappa shape index (κ1) is 7.33. The Morgan fingerprint density at radius 2 is 2.08 bits per heavy atom. The van der Waals surface area contributed by atoms with Gasteiger partial charge in [-0.25, -0.2) is 0 Å². The smallest absolute Gasteiger partial charge is 0.158 e. The van der Waals surface area contributed by atoms with Gasteiger partial charge >= 0.3 is 0 Å². The fourth-order valence-corrected chi connectivity index (χ4v) is 1.45. The minimum Gasteiger partial charge on any atom is -0.375 e. The summed E-state index contributed by atoms with van der Waals surface area (Å²) in [7, 11) is 0. The molecule has 0 aromatic heterocycles. The third-order valence-electron chi connectivity index (χ3n) is 2.33. The average molecular weight is 159 g/mol. The summed E-state index contributed by atoms with van der Waals surface area (Å²) >= 11 is 0. The third kappa shape index (κ3) is 0.992. The second kappa shape index (κ2) is 2.33. The molecule has 12 heavy (non-hydrogen) atoms. The molecule has 0 unspecified atom stereocenters. The van der Waals surface area contributed by atoms with Crippen LogP contribution in [0.3, 0.4) is 0 Å². The Bertz CT molecular complexity index is 327. The van der Waals surface area contributed by atoms with Gasteiger partial charge in [-0.2, -0.15) is 5.26 Å². The van der Waals surface area contributed by atoms with E-state index in [9.17, 15) is 5.11 Å². The van der Waals surface area contributed by atoms with Crippen molar-refractivity contribution < 1.29 is 5.11 Å². The quantitative estimate of drug-likeness (QED) is 0.630. The van der Waals surface area contributed by atoms with Gasteiger partial charge in [0.05, 0.1) is 6.07 Å². The standard InChI is InChI=1S/C10H9NO/c11-7-10(12)6-9(10)8-4-2-1-3-5-8/h1-5,9,12H,6H2/t9-,10-/m0/s1. The summed E-state index contributed by atoms with van der Waals surface area (Å²) in [4.78, 5) is 0. The number of hydrogen-bond donors (Lipinski definition) is 1. The molecule has 2 rings (SSSR count). The predicted octanol–water partition coefficient (Wildman–Crippen LogP) is 1.43. The molecule has 0 radical (unpaired) electrons. The first-order valence-corrected chi connectivity index (χ1v) is 3.95. The maximum absolute atomic E-state index is 9.49. The van der Waals surface area contributed by atoms with Crippen LogP contribution in [0.2, 0.25) is 0 Å². The Hall–Kier alpha value is -1.33. The zero-order chi connectivity index (χ0) is 8.60. The Labute approximate surface area is 71.1 Å². The topological polar surface area (TPSA) is 44.0 Å². The van der Waals surface area contributed by atoms with E-state index in [4.69, 9.17) is 5.26 Å². The van der Waals surface area contributed by atoms with Crippen LogP contribution in [-0.2, 0) is 0 Å². The van der Waals surface area contributed by atoms with E-state index in [0.29, 0.717) is 6.42 Å². The Kier molecular flexibility index (Phi) is 1.42. The molecule has 2 atom stereocenters. The van der Waals surface area contributed by atoms with Crippen LogP contribution in [0.15, 0.2) is 30.3 Å². The van der Waals surface area contributed by atoms with Gasteiger partial charge in [-0.3, -0.25) is 0 Å². The lowest BCUT2D eigenvalue weighted by molar-refractivity contribution is 0.202. The highest BCUT2D eigenvalue weighted by Gasteiger charge is 2.54. The monoisotopic (exact) mass is 159 g/mol.